The molecular weight excluding hydrogens is 278 g/mol. The molecule has 1 heterocycles. The van der Waals surface area contributed by atoms with Crippen molar-refractivity contribution in [3.63, 3.8) is 0 Å². The smallest absolute Gasteiger partial charge is 0.261 e. The van der Waals surface area contributed by atoms with E-state index in [1.54, 1.807) is 31.2 Å². The van der Waals surface area contributed by atoms with E-state index in [2.05, 4.69) is 15.5 Å². The number of nitrogens with one attached hydrogen (secondary N) is 2. The van der Waals surface area contributed by atoms with Crippen molar-refractivity contribution in [2.24, 2.45) is 5.10 Å². The van der Waals surface area contributed by atoms with E-state index >= 15 is 0 Å². The lowest BCUT2D eigenvalue weighted by Crippen LogP contribution is -2.17. The lowest BCUT2D eigenvalue weighted by molar-refractivity contribution is 0.479. The average molecular weight is 293 g/mol. The van der Waals surface area contributed by atoms with Gasteiger partial charge >= 0.3 is 0 Å². The van der Waals surface area contributed by atoms with Crippen LogP contribution in [0.15, 0.2) is 64.5 Å². The number of aromatic amines is 1. The number of nitrogens with zero attached hydrogens (tertiary/aromatic N) is 1. The van der Waals surface area contributed by atoms with Gasteiger partial charge in [-0.2, -0.15) is 5.10 Å². The van der Waals surface area contributed by atoms with E-state index < -0.39 is 0 Å². The highest BCUT2D eigenvalue weighted by Gasteiger charge is 2.14. The Morgan fingerprint density at radius 2 is 1.77 bits per heavy atom. The number of para-hydroxylation sites is 2. The van der Waals surface area contributed by atoms with Crippen molar-refractivity contribution in [3.05, 3.63) is 70.5 Å². The summed E-state index contributed by atoms with van der Waals surface area (Å²) in [6.07, 6.45) is 0. The van der Waals surface area contributed by atoms with E-state index in [4.69, 9.17) is 0 Å². The van der Waals surface area contributed by atoms with Crippen molar-refractivity contribution in [2.75, 3.05) is 5.43 Å². The second kappa shape index (κ2) is 5.73. The first kappa shape index (κ1) is 13.9. The number of hydrazone groups is 1. The van der Waals surface area contributed by atoms with Gasteiger partial charge in [0.05, 0.1) is 16.9 Å². The number of benzene rings is 2. The van der Waals surface area contributed by atoms with Gasteiger partial charge < -0.3 is 10.1 Å². The molecule has 0 spiro atoms. The summed E-state index contributed by atoms with van der Waals surface area (Å²) in [5.41, 5.74) is 4.48. The van der Waals surface area contributed by atoms with Crippen LogP contribution in [0.1, 0.15) is 12.5 Å². The Kier molecular flexibility index (Phi) is 3.62. The highest BCUT2D eigenvalue weighted by Crippen LogP contribution is 2.24. The first-order chi connectivity index (χ1) is 10.7. The zero-order valence-electron chi connectivity index (χ0n) is 12.0. The molecule has 0 fully saturated rings. The Labute approximate surface area is 126 Å². The summed E-state index contributed by atoms with van der Waals surface area (Å²) >= 11 is 0. The summed E-state index contributed by atoms with van der Waals surface area (Å²) in [6.45, 7) is 1.68. The standard InChI is InChI=1S/C17H15N3O2/c1-11(19-20-12-7-3-2-4-8-12)15-16(21)13-9-5-6-10-14(13)18-17(15)22/h2-10,20H,1H3,(H2,18,21,22)/b19-11+. The molecule has 0 atom stereocenters. The molecule has 1 aromatic heterocycles. The van der Waals surface area contributed by atoms with Crippen LogP contribution in [0, 0.1) is 0 Å². The molecule has 0 saturated carbocycles. The zero-order valence-corrected chi connectivity index (χ0v) is 12.0. The third-order valence-electron chi connectivity index (χ3n) is 3.38. The quantitative estimate of drug-likeness (QED) is 0.513. The molecule has 0 aliphatic rings. The minimum Gasteiger partial charge on any atom is -0.506 e. The summed E-state index contributed by atoms with van der Waals surface area (Å²) < 4.78 is 0. The number of pyridine rings is 1. The lowest BCUT2D eigenvalue weighted by atomic mass is 10.1. The minimum atomic E-state index is -0.368. The fourth-order valence-electron chi connectivity index (χ4n) is 2.28. The number of rotatable bonds is 3. The highest BCUT2D eigenvalue weighted by atomic mass is 16.3. The maximum atomic E-state index is 12.2. The van der Waals surface area contributed by atoms with Crippen LogP contribution < -0.4 is 11.0 Å². The molecule has 0 radical (unpaired) electrons. The molecule has 0 unspecified atom stereocenters. The molecule has 0 saturated heterocycles. The topological polar surface area (TPSA) is 77.5 Å². The summed E-state index contributed by atoms with van der Waals surface area (Å²) in [6, 6.07) is 16.5. The molecule has 22 heavy (non-hydrogen) atoms. The zero-order chi connectivity index (χ0) is 15.5. The van der Waals surface area contributed by atoms with Crippen molar-refractivity contribution >= 4 is 22.3 Å². The molecule has 2 aromatic carbocycles. The molecular formula is C17H15N3O2. The summed E-state index contributed by atoms with van der Waals surface area (Å²) in [5.74, 6) is -0.0598. The molecule has 0 aliphatic carbocycles. The van der Waals surface area contributed by atoms with Crippen LogP contribution in [-0.4, -0.2) is 15.8 Å². The Morgan fingerprint density at radius 3 is 2.55 bits per heavy atom. The van der Waals surface area contributed by atoms with Gasteiger partial charge in [0.2, 0.25) is 0 Å². The molecule has 5 nitrogen and oxygen atoms in total. The Hall–Kier alpha value is -3.08. The molecule has 5 heteroatoms. The third kappa shape index (κ3) is 2.56. The van der Waals surface area contributed by atoms with E-state index in [-0.39, 0.29) is 16.9 Å². The fraction of sp³-hybridized carbons (Fsp3) is 0.0588. The van der Waals surface area contributed by atoms with Gasteiger partial charge in [0.1, 0.15) is 11.3 Å². The van der Waals surface area contributed by atoms with Crippen LogP contribution >= 0.6 is 0 Å². The van der Waals surface area contributed by atoms with Gasteiger partial charge in [-0.25, -0.2) is 0 Å². The largest absolute Gasteiger partial charge is 0.506 e. The van der Waals surface area contributed by atoms with Crippen LogP contribution in [0.4, 0.5) is 5.69 Å². The van der Waals surface area contributed by atoms with Gasteiger partial charge in [0.15, 0.2) is 0 Å². The second-order valence-electron chi connectivity index (χ2n) is 4.90. The number of fused-ring (bicyclic) bond motifs is 1. The maximum Gasteiger partial charge on any atom is 0.261 e. The summed E-state index contributed by atoms with van der Waals surface area (Å²) in [7, 11) is 0. The van der Waals surface area contributed by atoms with Gasteiger partial charge in [-0.1, -0.05) is 30.3 Å². The Balaban J connectivity index is 2.04. The molecule has 0 bridgehead atoms. The predicted molar refractivity (Wildman–Crippen MR) is 88.5 cm³/mol. The molecule has 0 amide bonds. The van der Waals surface area contributed by atoms with Crippen molar-refractivity contribution in [3.8, 4) is 5.75 Å². The van der Waals surface area contributed by atoms with E-state index in [9.17, 15) is 9.90 Å². The monoisotopic (exact) mass is 293 g/mol. The average Bonchev–Trinajstić information content (AvgIpc) is 2.54. The van der Waals surface area contributed by atoms with Crippen molar-refractivity contribution < 1.29 is 5.11 Å². The third-order valence-corrected chi connectivity index (χ3v) is 3.38. The number of aromatic nitrogens is 1. The molecule has 0 aliphatic heterocycles. The normalized spacial score (nSPS) is 11.6. The Bertz CT molecular complexity index is 899. The first-order valence-corrected chi connectivity index (χ1v) is 6.86. The van der Waals surface area contributed by atoms with E-state index in [0.717, 1.165) is 5.69 Å². The minimum absolute atomic E-state index is 0.0598. The van der Waals surface area contributed by atoms with E-state index in [0.29, 0.717) is 16.6 Å². The van der Waals surface area contributed by atoms with Crippen LogP contribution in [0.25, 0.3) is 10.9 Å². The highest BCUT2D eigenvalue weighted by molar-refractivity contribution is 6.05. The Morgan fingerprint density at radius 1 is 1.09 bits per heavy atom. The maximum absolute atomic E-state index is 12.2. The van der Waals surface area contributed by atoms with Gasteiger partial charge in [-0.3, -0.25) is 10.2 Å². The van der Waals surface area contributed by atoms with Crippen LogP contribution in [0.3, 0.4) is 0 Å². The number of hydrogen-bond acceptors (Lipinski definition) is 4. The van der Waals surface area contributed by atoms with Crippen molar-refractivity contribution in [1.82, 2.24) is 4.98 Å². The predicted octanol–water partition coefficient (Wildman–Crippen LogP) is 3.07. The van der Waals surface area contributed by atoms with Crippen molar-refractivity contribution in [1.29, 1.82) is 0 Å². The van der Waals surface area contributed by atoms with Gasteiger partial charge in [-0.05, 0) is 31.2 Å². The molecule has 3 N–H and O–H groups in total. The van der Waals surface area contributed by atoms with Gasteiger partial charge in [0.25, 0.3) is 5.56 Å². The number of H-pyrrole nitrogens is 1. The van der Waals surface area contributed by atoms with Gasteiger partial charge in [-0.15, -0.1) is 0 Å². The first-order valence-electron chi connectivity index (χ1n) is 6.86. The fourth-order valence-corrected chi connectivity index (χ4v) is 2.28. The van der Waals surface area contributed by atoms with Crippen molar-refractivity contribution in [2.45, 2.75) is 6.92 Å². The van der Waals surface area contributed by atoms with Crippen LogP contribution in [0.2, 0.25) is 0 Å². The number of anilines is 1. The van der Waals surface area contributed by atoms with Crippen LogP contribution in [-0.2, 0) is 0 Å². The number of aromatic hydroxyl groups is 1. The van der Waals surface area contributed by atoms with E-state index in [1.165, 1.54) is 0 Å². The van der Waals surface area contributed by atoms with E-state index in [1.807, 2.05) is 30.3 Å². The molecule has 3 aromatic rings. The number of hydrogen-bond donors (Lipinski definition) is 3. The second-order valence-corrected chi connectivity index (χ2v) is 4.90. The molecule has 110 valence electrons. The SMILES string of the molecule is C/C(=N\Nc1ccccc1)c1c(O)c2ccccc2[nH]c1=O. The lowest BCUT2D eigenvalue weighted by Gasteiger charge is -2.07. The summed E-state index contributed by atoms with van der Waals surface area (Å²) in [5, 5.41) is 15.1. The summed E-state index contributed by atoms with van der Waals surface area (Å²) in [4.78, 5) is 14.9. The van der Waals surface area contributed by atoms with Crippen LogP contribution in [0.5, 0.6) is 5.75 Å². The van der Waals surface area contributed by atoms with Gasteiger partial charge in [0, 0.05) is 5.39 Å². The molecule has 3 rings (SSSR count).